The maximum atomic E-state index is 12.5. The molecule has 0 fully saturated rings. The Bertz CT molecular complexity index is 837. The molecule has 3 rings (SSSR count). The average molecular weight is 406 g/mol. The van der Waals surface area contributed by atoms with Gasteiger partial charge in [-0.2, -0.15) is 0 Å². The molecule has 2 aromatic rings. The highest BCUT2D eigenvalue weighted by atomic mass is 32.2. The molecule has 8 heteroatoms. The first-order chi connectivity index (χ1) is 13.5. The van der Waals surface area contributed by atoms with Gasteiger partial charge >= 0.3 is 0 Å². The quantitative estimate of drug-likeness (QED) is 0.681. The molecule has 0 spiro atoms. The third kappa shape index (κ3) is 4.80. The number of ether oxygens (including phenoxy) is 3. The number of imidazole rings is 1. The SMILES string of the molecule is COCCn1c(SCC(=O)NC(C)c2ccc3c(c2)OCCO3)nc(C)c1C. The molecule has 2 heterocycles. The Balaban J connectivity index is 1.58. The first-order valence-corrected chi connectivity index (χ1v) is 10.3. The van der Waals surface area contributed by atoms with Crippen molar-refractivity contribution < 1.29 is 19.0 Å². The number of fused-ring (bicyclic) bond motifs is 1. The summed E-state index contributed by atoms with van der Waals surface area (Å²) in [6.07, 6.45) is 0. The lowest BCUT2D eigenvalue weighted by atomic mass is 10.1. The zero-order chi connectivity index (χ0) is 20.1. The molecule has 1 aromatic carbocycles. The van der Waals surface area contributed by atoms with E-state index in [1.165, 1.54) is 11.8 Å². The Morgan fingerprint density at radius 3 is 2.82 bits per heavy atom. The van der Waals surface area contributed by atoms with Gasteiger partial charge in [-0.15, -0.1) is 0 Å². The summed E-state index contributed by atoms with van der Waals surface area (Å²) >= 11 is 1.44. The molecule has 0 saturated carbocycles. The van der Waals surface area contributed by atoms with Gasteiger partial charge in [0.05, 0.1) is 24.1 Å². The van der Waals surface area contributed by atoms with Crippen LogP contribution in [0, 0.1) is 13.8 Å². The molecular formula is C20H27N3O4S. The number of amides is 1. The van der Waals surface area contributed by atoms with Gasteiger partial charge in [0.2, 0.25) is 5.91 Å². The van der Waals surface area contributed by atoms with Crippen molar-refractivity contribution in [2.75, 3.05) is 32.7 Å². The van der Waals surface area contributed by atoms with Crippen LogP contribution in [0.2, 0.25) is 0 Å². The normalized spacial score (nSPS) is 14.0. The summed E-state index contributed by atoms with van der Waals surface area (Å²) in [6, 6.07) is 5.65. The highest BCUT2D eigenvalue weighted by Gasteiger charge is 2.17. The van der Waals surface area contributed by atoms with Crippen LogP contribution >= 0.6 is 11.8 Å². The predicted molar refractivity (Wildman–Crippen MR) is 108 cm³/mol. The van der Waals surface area contributed by atoms with Crippen LogP contribution in [0.5, 0.6) is 11.5 Å². The third-order valence-electron chi connectivity index (χ3n) is 4.72. The van der Waals surface area contributed by atoms with E-state index < -0.39 is 0 Å². The minimum atomic E-state index is -0.124. The molecule has 1 aliphatic heterocycles. The minimum Gasteiger partial charge on any atom is -0.486 e. The number of aromatic nitrogens is 2. The first-order valence-electron chi connectivity index (χ1n) is 9.34. The van der Waals surface area contributed by atoms with Crippen molar-refractivity contribution in [1.82, 2.24) is 14.9 Å². The Hall–Kier alpha value is -2.19. The highest BCUT2D eigenvalue weighted by molar-refractivity contribution is 7.99. The molecule has 1 unspecified atom stereocenters. The maximum absolute atomic E-state index is 12.5. The molecule has 7 nitrogen and oxygen atoms in total. The molecule has 1 aromatic heterocycles. The zero-order valence-corrected chi connectivity index (χ0v) is 17.6. The number of aryl methyl sites for hydroxylation is 1. The number of nitrogens with zero attached hydrogens (tertiary/aromatic N) is 2. The molecule has 1 amide bonds. The van der Waals surface area contributed by atoms with E-state index in [1.54, 1.807) is 7.11 Å². The summed E-state index contributed by atoms with van der Waals surface area (Å²) in [4.78, 5) is 17.0. The van der Waals surface area contributed by atoms with Crippen LogP contribution in [0.1, 0.15) is 29.9 Å². The van der Waals surface area contributed by atoms with Crippen molar-refractivity contribution in [3.63, 3.8) is 0 Å². The van der Waals surface area contributed by atoms with E-state index in [0.29, 0.717) is 25.6 Å². The van der Waals surface area contributed by atoms with Gasteiger partial charge < -0.3 is 24.1 Å². The number of hydrogen-bond acceptors (Lipinski definition) is 6. The second-order valence-electron chi connectivity index (χ2n) is 6.69. The second kappa shape index (κ2) is 9.34. The monoisotopic (exact) mass is 405 g/mol. The van der Waals surface area contributed by atoms with Crippen molar-refractivity contribution in [1.29, 1.82) is 0 Å². The van der Waals surface area contributed by atoms with Crippen LogP contribution < -0.4 is 14.8 Å². The van der Waals surface area contributed by atoms with Gasteiger partial charge in [-0.1, -0.05) is 17.8 Å². The van der Waals surface area contributed by atoms with Crippen LogP contribution in [0.4, 0.5) is 0 Å². The number of thioether (sulfide) groups is 1. The summed E-state index contributed by atoms with van der Waals surface area (Å²) in [5, 5.41) is 3.88. The van der Waals surface area contributed by atoms with E-state index in [1.807, 2.05) is 39.0 Å². The van der Waals surface area contributed by atoms with Gasteiger partial charge in [-0.05, 0) is 38.5 Å². The molecule has 0 radical (unpaired) electrons. The minimum absolute atomic E-state index is 0.0380. The van der Waals surface area contributed by atoms with Crippen molar-refractivity contribution >= 4 is 17.7 Å². The molecular weight excluding hydrogens is 378 g/mol. The molecule has 1 aliphatic rings. The van der Waals surface area contributed by atoms with Gasteiger partial charge in [0, 0.05) is 19.3 Å². The number of carbonyl (C=O) groups is 1. The fourth-order valence-electron chi connectivity index (χ4n) is 3.01. The van der Waals surface area contributed by atoms with Gasteiger partial charge in [-0.25, -0.2) is 4.98 Å². The summed E-state index contributed by atoms with van der Waals surface area (Å²) in [5.74, 6) is 1.74. The Labute approximate surface area is 169 Å². The second-order valence-corrected chi connectivity index (χ2v) is 7.63. The fraction of sp³-hybridized carbons (Fsp3) is 0.500. The number of carbonyl (C=O) groups excluding carboxylic acids is 1. The summed E-state index contributed by atoms with van der Waals surface area (Å²) in [6.45, 7) is 8.41. The van der Waals surface area contributed by atoms with E-state index in [-0.39, 0.29) is 11.9 Å². The number of nitrogens with one attached hydrogen (secondary N) is 1. The Morgan fingerprint density at radius 1 is 1.32 bits per heavy atom. The topological polar surface area (TPSA) is 74.6 Å². The smallest absolute Gasteiger partial charge is 0.230 e. The predicted octanol–water partition coefficient (Wildman–Crippen LogP) is 2.89. The van der Waals surface area contributed by atoms with E-state index in [4.69, 9.17) is 14.2 Å². The molecule has 0 aliphatic carbocycles. The number of methoxy groups -OCH3 is 1. The summed E-state index contributed by atoms with van der Waals surface area (Å²) < 4.78 is 18.4. The van der Waals surface area contributed by atoms with E-state index >= 15 is 0 Å². The molecule has 1 N–H and O–H groups in total. The van der Waals surface area contributed by atoms with Crippen LogP contribution in [0.25, 0.3) is 0 Å². The standard InChI is InChI=1S/C20H27N3O4S/c1-13-15(3)23(7-8-25-4)20(22-13)28-12-19(24)21-14(2)16-5-6-17-18(11-16)27-10-9-26-17/h5-6,11,14H,7-10,12H2,1-4H3,(H,21,24). The maximum Gasteiger partial charge on any atom is 0.230 e. The molecule has 0 saturated heterocycles. The van der Waals surface area contributed by atoms with E-state index in [9.17, 15) is 4.79 Å². The van der Waals surface area contributed by atoms with E-state index in [2.05, 4.69) is 14.9 Å². The molecule has 152 valence electrons. The van der Waals surface area contributed by atoms with Gasteiger partial charge in [0.25, 0.3) is 0 Å². The van der Waals surface area contributed by atoms with Crippen molar-refractivity contribution in [2.24, 2.45) is 0 Å². The lowest BCUT2D eigenvalue weighted by Gasteiger charge is -2.21. The third-order valence-corrected chi connectivity index (χ3v) is 5.69. The lowest BCUT2D eigenvalue weighted by Crippen LogP contribution is -2.28. The van der Waals surface area contributed by atoms with Crippen LogP contribution in [-0.2, 0) is 16.1 Å². The fourth-order valence-corrected chi connectivity index (χ4v) is 3.93. The Morgan fingerprint density at radius 2 is 2.07 bits per heavy atom. The van der Waals surface area contributed by atoms with Crippen molar-refractivity contribution in [2.45, 2.75) is 38.5 Å². The lowest BCUT2D eigenvalue weighted by molar-refractivity contribution is -0.119. The van der Waals surface area contributed by atoms with Crippen LogP contribution in [0.3, 0.4) is 0 Å². The van der Waals surface area contributed by atoms with E-state index in [0.717, 1.165) is 40.2 Å². The van der Waals surface area contributed by atoms with Gasteiger partial charge in [-0.3, -0.25) is 4.79 Å². The van der Waals surface area contributed by atoms with Crippen LogP contribution in [-0.4, -0.2) is 48.1 Å². The average Bonchev–Trinajstić information content (AvgIpc) is 2.97. The van der Waals surface area contributed by atoms with Crippen molar-refractivity contribution in [3.05, 3.63) is 35.2 Å². The highest BCUT2D eigenvalue weighted by Crippen LogP contribution is 2.32. The number of benzene rings is 1. The molecule has 0 bridgehead atoms. The molecule has 1 atom stereocenters. The summed E-state index contributed by atoms with van der Waals surface area (Å²) in [5.41, 5.74) is 3.06. The zero-order valence-electron chi connectivity index (χ0n) is 16.8. The van der Waals surface area contributed by atoms with Gasteiger partial charge in [0.15, 0.2) is 16.7 Å². The number of hydrogen-bond donors (Lipinski definition) is 1. The number of rotatable bonds is 8. The van der Waals surface area contributed by atoms with Crippen LogP contribution in [0.15, 0.2) is 23.4 Å². The van der Waals surface area contributed by atoms with Crippen molar-refractivity contribution in [3.8, 4) is 11.5 Å². The van der Waals surface area contributed by atoms with Gasteiger partial charge in [0.1, 0.15) is 13.2 Å². The first kappa shape index (κ1) is 20.5. The largest absolute Gasteiger partial charge is 0.486 e. The molecule has 28 heavy (non-hydrogen) atoms. The Kier molecular flexibility index (Phi) is 6.85. The summed E-state index contributed by atoms with van der Waals surface area (Å²) in [7, 11) is 1.68.